The summed E-state index contributed by atoms with van der Waals surface area (Å²) in [5.74, 6) is 0.975. The van der Waals surface area contributed by atoms with E-state index < -0.39 is 9.84 Å². The highest BCUT2D eigenvalue weighted by atomic mass is 32.2. The summed E-state index contributed by atoms with van der Waals surface area (Å²) in [6.45, 7) is 0. The summed E-state index contributed by atoms with van der Waals surface area (Å²) >= 11 is 1.52. The molecule has 2 heterocycles. The van der Waals surface area contributed by atoms with Crippen LogP contribution in [-0.4, -0.2) is 36.0 Å². The topological polar surface area (TPSA) is 78.0 Å². The molecular weight excluding hydrogens is 234 g/mol. The maximum atomic E-state index is 11.3. The van der Waals surface area contributed by atoms with Crippen molar-refractivity contribution in [1.29, 1.82) is 0 Å². The van der Waals surface area contributed by atoms with Gasteiger partial charge in [-0.1, -0.05) is 0 Å². The molecule has 0 radical (unpaired) electrons. The molecule has 1 aliphatic heterocycles. The van der Waals surface area contributed by atoms with E-state index in [2.05, 4.69) is 5.10 Å². The monoisotopic (exact) mass is 247 g/mol. The van der Waals surface area contributed by atoms with E-state index in [9.17, 15) is 8.42 Å². The van der Waals surface area contributed by atoms with Gasteiger partial charge in [-0.15, -0.1) is 11.8 Å². The maximum absolute atomic E-state index is 11.3. The summed E-state index contributed by atoms with van der Waals surface area (Å²) in [5.41, 5.74) is 5.87. The summed E-state index contributed by atoms with van der Waals surface area (Å²) in [7, 11) is -2.88. The number of sulfone groups is 1. The number of nitrogens with two attached hydrogens (primary N) is 1. The van der Waals surface area contributed by atoms with Gasteiger partial charge in [0.1, 0.15) is 5.82 Å². The number of anilines is 1. The molecular formula is C8H13N3O2S2. The van der Waals surface area contributed by atoms with Crippen molar-refractivity contribution in [3.8, 4) is 0 Å². The van der Waals surface area contributed by atoms with Gasteiger partial charge in [-0.2, -0.15) is 5.10 Å². The van der Waals surface area contributed by atoms with Gasteiger partial charge in [-0.05, 0) is 12.7 Å². The van der Waals surface area contributed by atoms with Gasteiger partial charge in [0, 0.05) is 0 Å². The van der Waals surface area contributed by atoms with Crippen LogP contribution in [0, 0.1) is 0 Å². The molecule has 1 fully saturated rings. The Morgan fingerprint density at radius 1 is 1.67 bits per heavy atom. The molecule has 7 heteroatoms. The number of nitrogens with zero attached hydrogens (tertiary/aromatic N) is 2. The van der Waals surface area contributed by atoms with E-state index in [0.717, 1.165) is 4.90 Å². The Balaban J connectivity index is 2.28. The van der Waals surface area contributed by atoms with E-state index in [1.54, 1.807) is 10.9 Å². The van der Waals surface area contributed by atoms with E-state index in [1.807, 2.05) is 6.26 Å². The van der Waals surface area contributed by atoms with Gasteiger partial charge in [-0.25, -0.2) is 13.1 Å². The first kappa shape index (κ1) is 10.8. The van der Waals surface area contributed by atoms with Gasteiger partial charge < -0.3 is 5.73 Å². The lowest BCUT2D eigenvalue weighted by Crippen LogP contribution is -2.14. The minimum atomic E-state index is -2.88. The number of aromatic nitrogens is 2. The molecule has 1 aromatic rings. The third-order valence-electron chi connectivity index (χ3n) is 2.57. The Morgan fingerprint density at radius 2 is 2.40 bits per heavy atom. The number of hydrogen-bond acceptors (Lipinski definition) is 5. The van der Waals surface area contributed by atoms with Crippen LogP contribution in [0.2, 0.25) is 0 Å². The minimum absolute atomic E-state index is 0.0871. The molecule has 5 nitrogen and oxygen atoms in total. The Hall–Kier alpha value is -0.690. The zero-order valence-corrected chi connectivity index (χ0v) is 10.0. The lowest BCUT2D eigenvalue weighted by molar-refractivity contribution is 0.506. The van der Waals surface area contributed by atoms with Crippen molar-refractivity contribution in [2.75, 3.05) is 23.5 Å². The first-order valence-electron chi connectivity index (χ1n) is 4.61. The Morgan fingerprint density at radius 3 is 2.87 bits per heavy atom. The van der Waals surface area contributed by atoms with Gasteiger partial charge in [-0.3, -0.25) is 0 Å². The van der Waals surface area contributed by atoms with Gasteiger partial charge >= 0.3 is 0 Å². The van der Waals surface area contributed by atoms with Crippen LogP contribution in [-0.2, 0) is 9.84 Å². The number of thioether (sulfide) groups is 1. The molecule has 1 aromatic heterocycles. The smallest absolute Gasteiger partial charge is 0.152 e. The molecule has 2 N–H and O–H groups in total. The first-order valence-corrected chi connectivity index (χ1v) is 7.65. The molecule has 2 rings (SSSR count). The number of nitrogen functional groups attached to an aromatic ring is 1. The fraction of sp³-hybridized carbons (Fsp3) is 0.625. The lowest BCUT2D eigenvalue weighted by Gasteiger charge is -2.10. The van der Waals surface area contributed by atoms with E-state index >= 15 is 0 Å². The molecule has 1 saturated heterocycles. The highest BCUT2D eigenvalue weighted by molar-refractivity contribution is 7.98. The summed E-state index contributed by atoms with van der Waals surface area (Å²) in [5, 5.41) is 4.14. The first-order chi connectivity index (χ1) is 7.03. The number of rotatable bonds is 2. The summed E-state index contributed by atoms with van der Waals surface area (Å²) < 4.78 is 24.3. The number of hydrogen-bond donors (Lipinski definition) is 1. The predicted octanol–water partition coefficient (Wildman–Crippen LogP) is 0.547. The third-order valence-corrected chi connectivity index (χ3v) is 5.08. The van der Waals surface area contributed by atoms with E-state index in [-0.39, 0.29) is 17.5 Å². The average Bonchev–Trinajstić information content (AvgIpc) is 2.69. The average molecular weight is 247 g/mol. The second-order valence-electron chi connectivity index (χ2n) is 3.60. The van der Waals surface area contributed by atoms with Gasteiger partial charge in [0.15, 0.2) is 9.84 Å². The van der Waals surface area contributed by atoms with Gasteiger partial charge in [0.2, 0.25) is 0 Å². The largest absolute Gasteiger partial charge is 0.383 e. The molecule has 84 valence electrons. The van der Waals surface area contributed by atoms with Crippen LogP contribution >= 0.6 is 11.8 Å². The molecule has 0 amide bonds. The Labute approximate surface area is 92.9 Å². The quantitative estimate of drug-likeness (QED) is 0.772. The van der Waals surface area contributed by atoms with Gasteiger partial charge in [0.05, 0.1) is 28.6 Å². The Bertz CT molecular complexity index is 466. The zero-order valence-electron chi connectivity index (χ0n) is 8.38. The standard InChI is InChI=1S/C8H13N3O2S2/c1-14-7-4-10-11(8(7)9)6-2-3-15(12,13)5-6/h4,6H,2-3,5,9H2,1H3. The van der Waals surface area contributed by atoms with Gasteiger partial charge in [0.25, 0.3) is 0 Å². The van der Waals surface area contributed by atoms with Crippen LogP contribution in [0.1, 0.15) is 12.5 Å². The predicted molar refractivity (Wildman–Crippen MR) is 60.7 cm³/mol. The molecule has 1 unspecified atom stereocenters. The fourth-order valence-corrected chi connectivity index (χ4v) is 3.92. The molecule has 0 spiro atoms. The Kier molecular flexibility index (Phi) is 2.68. The van der Waals surface area contributed by atoms with Crippen molar-refractivity contribution < 1.29 is 8.42 Å². The van der Waals surface area contributed by atoms with Crippen molar-refractivity contribution in [2.45, 2.75) is 17.4 Å². The van der Waals surface area contributed by atoms with Crippen LogP contribution < -0.4 is 5.73 Å². The summed E-state index contributed by atoms with van der Waals surface area (Å²) in [4.78, 5) is 0.902. The molecule has 0 aliphatic carbocycles. The normalized spacial score (nSPS) is 24.5. The lowest BCUT2D eigenvalue weighted by atomic mass is 10.3. The molecule has 0 aromatic carbocycles. The molecule has 1 aliphatic rings. The SMILES string of the molecule is CSc1cnn(C2CCS(=O)(=O)C2)c1N. The van der Waals surface area contributed by atoms with Crippen molar-refractivity contribution in [3.63, 3.8) is 0 Å². The van der Waals surface area contributed by atoms with Crippen LogP contribution in [0.3, 0.4) is 0 Å². The van der Waals surface area contributed by atoms with Crippen molar-refractivity contribution in [3.05, 3.63) is 6.20 Å². The van der Waals surface area contributed by atoms with Crippen LogP contribution in [0.25, 0.3) is 0 Å². The summed E-state index contributed by atoms with van der Waals surface area (Å²) in [6.07, 6.45) is 4.22. The fourth-order valence-electron chi connectivity index (χ4n) is 1.77. The molecule has 0 saturated carbocycles. The molecule has 0 bridgehead atoms. The maximum Gasteiger partial charge on any atom is 0.152 e. The highest BCUT2D eigenvalue weighted by Crippen LogP contribution is 2.29. The second-order valence-corrected chi connectivity index (χ2v) is 6.68. The zero-order chi connectivity index (χ0) is 11.1. The van der Waals surface area contributed by atoms with E-state index in [4.69, 9.17) is 5.73 Å². The molecule has 1 atom stereocenters. The van der Waals surface area contributed by atoms with E-state index in [1.165, 1.54) is 11.8 Å². The minimum Gasteiger partial charge on any atom is -0.383 e. The second kappa shape index (κ2) is 3.71. The van der Waals surface area contributed by atoms with Crippen molar-refractivity contribution >= 4 is 27.4 Å². The van der Waals surface area contributed by atoms with E-state index in [0.29, 0.717) is 12.2 Å². The third kappa shape index (κ3) is 1.98. The van der Waals surface area contributed by atoms with Crippen LogP contribution in [0.15, 0.2) is 11.1 Å². The highest BCUT2D eigenvalue weighted by Gasteiger charge is 2.30. The van der Waals surface area contributed by atoms with Crippen LogP contribution in [0.4, 0.5) is 5.82 Å². The molecule has 15 heavy (non-hydrogen) atoms. The van der Waals surface area contributed by atoms with Crippen molar-refractivity contribution in [1.82, 2.24) is 9.78 Å². The summed E-state index contributed by atoms with van der Waals surface area (Å²) in [6, 6.07) is -0.0871. The van der Waals surface area contributed by atoms with Crippen molar-refractivity contribution in [2.24, 2.45) is 0 Å². The van der Waals surface area contributed by atoms with Crippen LogP contribution in [0.5, 0.6) is 0 Å².